The summed E-state index contributed by atoms with van der Waals surface area (Å²) in [6.45, 7) is 6.97. The van der Waals surface area contributed by atoms with Crippen LogP contribution in [0.3, 0.4) is 0 Å². The molecule has 2 aliphatic heterocycles. The van der Waals surface area contributed by atoms with Gasteiger partial charge in [-0.3, -0.25) is 13.3 Å². The van der Waals surface area contributed by atoms with Crippen LogP contribution in [-0.2, 0) is 20.8 Å². The molecule has 0 aromatic heterocycles. The van der Waals surface area contributed by atoms with E-state index in [1.54, 1.807) is 34.1 Å². The molecule has 184 valence electrons. The molecule has 0 radical (unpaired) electrons. The summed E-state index contributed by atoms with van der Waals surface area (Å²) < 4.78 is 31.0. The molecule has 2 aliphatic rings. The smallest absolute Gasteiger partial charge is 0.410 e. The third-order valence-corrected chi connectivity index (χ3v) is 7.27. The zero-order chi connectivity index (χ0) is 24.6. The molecule has 4 rings (SSSR count). The van der Waals surface area contributed by atoms with E-state index in [9.17, 15) is 18.4 Å². The van der Waals surface area contributed by atoms with Gasteiger partial charge in [0.05, 0.1) is 0 Å². The minimum atomic E-state index is -2.61. The Kier molecular flexibility index (Phi) is 7.07. The molecule has 10 heteroatoms. The fourth-order valence-corrected chi connectivity index (χ4v) is 5.53. The van der Waals surface area contributed by atoms with Crippen molar-refractivity contribution < 1.29 is 23.1 Å². The zero-order valence-corrected chi connectivity index (χ0v) is 21.1. The fourth-order valence-electron chi connectivity index (χ4n) is 4.66. The maximum atomic E-state index is 13.3. The number of likely N-dealkylation sites (tertiary alicyclic amines) is 2. The van der Waals surface area contributed by atoms with Crippen LogP contribution in [0, 0.1) is 0 Å². The van der Waals surface area contributed by atoms with Gasteiger partial charge in [-0.05, 0) is 75.1 Å². The minimum Gasteiger partial charge on any atom is -0.755 e. The lowest BCUT2D eigenvalue weighted by Crippen LogP contribution is -2.50. The highest BCUT2D eigenvalue weighted by atomic mass is 35.5. The van der Waals surface area contributed by atoms with Crippen molar-refractivity contribution in [3.63, 3.8) is 0 Å². The Hall–Kier alpha value is -2.36. The van der Waals surface area contributed by atoms with Crippen molar-refractivity contribution in [2.75, 3.05) is 23.9 Å². The first kappa shape index (κ1) is 24.8. The molecule has 34 heavy (non-hydrogen) atoms. The van der Waals surface area contributed by atoms with Crippen LogP contribution in [0.4, 0.5) is 10.5 Å². The summed E-state index contributed by atoms with van der Waals surface area (Å²) in [5, 5.41) is 2.34. The topological polar surface area (TPSA) is 93.2 Å². The van der Waals surface area contributed by atoms with Crippen molar-refractivity contribution in [2.45, 2.75) is 57.7 Å². The van der Waals surface area contributed by atoms with Gasteiger partial charge in [-0.2, -0.15) is 0 Å². The minimum absolute atomic E-state index is 0.0307. The Morgan fingerprint density at radius 2 is 1.74 bits per heavy atom. The fraction of sp³-hybridized carbons (Fsp3) is 0.500. The summed E-state index contributed by atoms with van der Waals surface area (Å²) in [5.41, 5.74) is -0.110. The second-order valence-corrected chi connectivity index (χ2v) is 11.0. The Bertz CT molecular complexity index is 1110. The van der Waals surface area contributed by atoms with Crippen LogP contribution >= 0.6 is 11.6 Å². The monoisotopic (exact) mass is 506 g/mol. The normalized spacial score (nSPS) is 20.6. The molecule has 2 unspecified atom stereocenters. The third-order valence-electron chi connectivity index (χ3n) is 6.25. The number of carbonyl (C=O) groups is 2. The van der Waals surface area contributed by atoms with Crippen LogP contribution in [0.15, 0.2) is 36.4 Å². The Morgan fingerprint density at radius 3 is 2.38 bits per heavy atom. The van der Waals surface area contributed by atoms with Crippen molar-refractivity contribution >= 4 is 51.3 Å². The van der Waals surface area contributed by atoms with Gasteiger partial charge in [-0.25, -0.2) is 4.79 Å². The number of hydrogen-bond acceptors (Lipinski definition) is 5. The van der Waals surface area contributed by atoms with E-state index >= 15 is 0 Å². The first-order valence-electron chi connectivity index (χ1n) is 11.4. The molecule has 2 amide bonds. The SMILES string of the molecule is CC(C)(C)OC(=O)N1CCC(N2CCC(N(c3ccc4cc(Cl)ccc4c3)S(=O)[O-])C2=O)CC1. The van der Waals surface area contributed by atoms with E-state index in [1.807, 2.05) is 32.9 Å². The number of fused-ring (bicyclic) bond motifs is 1. The summed E-state index contributed by atoms with van der Waals surface area (Å²) in [4.78, 5) is 29.1. The lowest BCUT2D eigenvalue weighted by molar-refractivity contribution is -0.131. The maximum absolute atomic E-state index is 13.3. The molecule has 0 N–H and O–H groups in total. The van der Waals surface area contributed by atoms with Gasteiger partial charge in [0.25, 0.3) is 0 Å². The highest BCUT2D eigenvalue weighted by molar-refractivity contribution is 7.80. The molecule has 2 aromatic carbocycles. The molecular weight excluding hydrogens is 478 g/mol. The molecule has 2 heterocycles. The number of amides is 2. The van der Waals surface area contributed by atoms with E-state index in [2.05, 4.69) is 0 Å². The molecule has 0 aliphatic carbocycles. The molecule has 0 bridgehead atoms. The molecular formula is C24H29ClN3O5S-. The Labute approximate surface area is 207 Å². The van der Waals surface area contributed by atoms with E-state index in [-0.39, 0.29) is 18.0 Å². The third kappa shape index (κ3) is 5.31. The number of carbonyl (C=O) groups excluding carboxylic acids is 2. The highest BCUT2D eigenvalue weighted by Gasteiger charge is 2.41. The van der Waals surface area contributed by atoms with Gasteiger partial charge in [-0.1, -0.05) is 23.7 Å². The Balaban J connectivity index is 1.45. The quantitative estimate of drug-likeness (QED) is 0.582. The first-order chi connectivity index (χ1) is 16.0. The van der Waals surface area contributed by atoms with Crippen molar-refractivity contribution in [3.05, 3.63) is 41.4 Å². The molecule has 2 atom stereocenters. The number of ether oxygens (including phenoxy) is 1. The second kappa shape index (κ2) is 9.71. The van der Waals surface area contributed by atoms with Crippen molar-refractivity contribution in [2.24, 2.45) is 0 Å². The van der Waals surface area contributed by atoms with Crippen LogP contribution in [0.25, 0.3) is 10.8 Å². The number of anilines is 1. The van der Waals surface area contributed by atoms with Crippen LogP contribution in [0.1, 0.15) is 40.0 Å². The largest absolute Gasteiger partial charge is 0.755 e. The van der Waals surface area contributed by atoms with Crippen LogP contribution in [-0.4, -0.2) is 67.9 Å². The lowest BCUT2D eigenvalue weighted by atomic mass is 10.0. The Morgan fingerprint density at radius 1 is 1.09 bits per heavy atom. The van der Waals surface area contributed by atoms with E-state index in [0.717, 1.165) is 10.8 Å². The zero-order valence-electron chi connectivity index (χ0n) is 19.5. The van der Waals surface area contributed by atoms with Crippen molar-refractivity contribution in [1.82, 2.24) is 9.80 Å². The van der Waals surface area contributed by atoms with Gasteiger partial charge in [0.2, 0.25) is 5.91 Å². The van der Waals surface area contributed by atoms with Gasteiger partial charge in [0, 0.05) is 47.7 Å². The molecule has 2 aromatic rings. The van der Waals surface area contributed by atoms with Gasteiger partial charge >= 0.3 is 6.09 Å². The van der Waals surface area contributed by atoms with Gasteiger partial charge in [0.15, 0.2) is 0 Å². The molecule has 0 spiro atoms. The van der Waals surface area contributed by atoms with E-state index in [4.69, 9.17) is 16.3 Å². The molecule has 2 fully saturated rings. The average Bonchev–Trinajstić information content (AvgIpc) is 3.13. The number of hydrogen-bond donors (Lipinski definition) is 0. The van der Waals surface area contributed by atoms with Crippen molar-refractivity contribution in [1.29, 1.82) is 0 Å². The second-order valence-electron chi connectivity index (χ2n) is 9.75. The summed E-state index contributed by atoms with van der Waals surface area (Å²) in [6, 6.07) is 9.84. The predicted molar refractivity (Wildman–Crippen MR) is 131 cm³/mol. The van der Waals surface area contributed by atoms with E-state index in [0.29, 0.717) is 49.6 Å². The van der Waals surface area contributed by atoms with Crippen LogP contribution < -0.4 is 4.31 Å². The highest BCUT2D eigenvalue weighted by Crippen LogP contribution is 2.31. The van der Waals surface area contributed by atoms with Gasteiger partial charge in [-0.15, -0.1) is 0 Å². The lowest BCUT2D eigenvalue weighted by Gasteiger charge is -2.38. The summed E-state index contributed by atoms with van der Waals surface area (Å²) in [7, 11) is 0. The van der Waals surface area contributed by atoms with Crippen molar-refractivity contribution in [3.8, 4) is 0 Å². The van der Waals surface area contributed by atoms with E-state index in [1.165, 1.54) is 4.31 Å². The summed E-state index contributed by atoms with van der Waals surface area (Å²) >= 11 is 3.44. The standard InChI is InChI=1S/C24H30ClN3O5S/c1-24(2,3)33-23(30)26-11-8-19(9-12-26)27-13-10-21(22(27)29)28(34(31)32)20-7-5-16-14-18(25)6-4-17(16)15-20/h4-7,14-15,19,21H,8-13H2,1-3H3,(H,31,32)/p-1. The average molecular weight is 507 g/mol. The number of piperidine rings is 1. The summed E-state index contributed by atoms with van der Waals surface area (Å²) in [5.74, 6) is -0.198. The van der Waals surface area contributed by atoms with E-state index < -0.39 is 22.9 Å². The van der Waals surface area contributed by atoms with Crippen LogP contribution in [0.5, 0.6) is 0 Å². The number of benzene rings is 2. The summed E-state index contributed by atoms with van der Waals surface area (Å²) in [6.07, 6.45) is 1.34. The predicted octanol–water partition coefficient (Wildman–Crippen LogP) is 4.09. The van der Waals surface area contributed by atoms with Crippen LogP contribution in [0.2, 0.25) is 5.02 Å². The molecule has 0 saturated carbocycles. The number of rotatable bonds is 4. The number of nitrogens with zero attached hydrogens (tertiary/aromatic N) is 3. The molecule has 8 nitrogen and oxygen atoms in total. The first-order valence-corrected chi connectivity index (χ1v) is 12.8. The number of halogens is 1. The molecule has 2 saturated heterocycles. The van der Waals surface area contributed by atoms with Gasteiger partial charge < -0.3 is 19.1 Å². The van der Waals surface area contributed by atoms with Gasteiger partial charge in [0.1, 0.15) is 11.6 Å². The maximum Gasteiger partial charge on any atom is 0.410 e.